The van der Waals surface area contributed by atoms with Crippen LogP contribution in [0.2, 0.25) is 5.15 Å². The quantitative estimate of drug-likeness (QED) is 0.0792. The molecule has 1 amide bonds. The first-order valence-electron chi connectivity index (χ1n) is 14.4. The number of fused-ring (bicyclic) bond motifs is 1. The number of aromatic nitrogens is 2. The Morgan fingerprint density at radius 1 is 0.907 bits per heavy atom. The minimum Gasteiger partial charge on any atom is -0.492 e. The number of nitrogens with one attached hydrogen (secondary N) is 3. The van der Waals surface area contributed by atoms with Gasteiger partial charge in [0.1, 0.15) is 12.4 Å². The van der Waals surface area contributed by atoms with Gasteiger partial charge in [0, 0.05) is 13.1 Å². The molecule has 0 saturated carbocycles. The van der Waals surface area contributed by atoms with Crippen molar-refractivity contribution in [2.45, 2.75) is 32.1 Å². The average molecular weight is 603 g/mol. The predicted molar refractivity (Wildman–Crippen MR) is 174 cm³/mol. The van der Waals surface area contributed by atoms with Crippen LogP contribution in [0, 0.1) is 5.41 Å². The Labute approximate surface area is 257 Å². The van der Waals surface area contributed by atoms with Crippen molar-refractivity contribution in [2.75, 3.05) is 44.8 Å². The number of nitrogens with zero attached hydrogens (tertiary/aromatic N) is 3. The smallest absolute Gasteiger partial charge is 0.280 e. The number of hydrogen-bond acceptors (Lipinski definition) is 8. The maximum Gasteiger partial charge on any atom is 0.280 e. The van der Waals surface area contributed by atoms with Crippen molar-refractivity contribution in [3.05, 3.63) is 88.7 Å². The van der Waals surface area contributed by atoms with Crippen molar-refractivity contribution in [2.24, 2.45) is 0 Å². The van der Waals surface area contributed by atoms with Crippen molar-refractivity contribution in [1.82, 2.24) is 25.5 Å². The molecule has 1 heterocycles. The summed E-state index contributed by atoms with van der Waals surface area (Å²) in [6, 6.07) is 23.4. The Balaban J connectivity index is 1.05. The standard InChI is InChI=1S/C32H39ClN8O2/c1-41(18-6-8-23-11-14-24-9-2-3-10-25(24)21-23)19-20-43-26-15-12-22(13-16-26)7-4-5-17-37-32(36)40-31(42)27-29(34)39-30(35)28(33)38-27/h2-3,9-16,21H,4-8,17-20H2,1H3,(H4,34,35,39)(H3,36,37,40,42). The molecule has 0 bridgehead atoms. The molecular formula is C32H39ClN8O2. The molecule has 4 rings (SSSR count). The number of aryl methyl sites for hydroxylation is 2. The number of halogens is 1. The first-order chi connectivity index (χ1) is 20.8. The Morgan fingerprint density at radius 2 is 1.63 bits per heavy atom. The molecule has 3 aromatic carbocycles. The van der Waals surface area contributed by atoms with Gasteiger partial charge in [-0.3, -0.25) is 15.5 Å². The minimum atomic E-state index is -0.685. The molecule has 4 aromatic rings. The summed E-state index contributed by atoms with van der Waals surface area (Å²) >= 11 is 5.81. The summed E-state index contributed by atoms with van der Waals surface area (Å²) in [4.78, 5) is 22.2. The van der Waals surface area contributed by atoms with E-state index in [4.69, 9.17) is 33.2 Å². The van der Waals surface area contributed by atoms with Gasteiger partial charge in [-0.2, -0.15) is 0 Å². The third kappa shape index (κ3) is 9.83. The molecule has 0 saturated heterocycles. The number of carbonyl (C=O) groups excluding carboxylic acids is 1. The van der Waals surface area contributed by atoms with Crippen LogP contribution in [0.1, 0.15) is 40.9 Å². The van der Waals surface area contributed by atoms with E-state index in [-0.39, 0.29) is 28.4 Å². The fourth-order valence-corrected chi connectivity index (χ4v) is 4.75. The van der Waals surface area contributed by atoms with Crippen LogP contribution in [0.5, 0.6) is 5.75 Å². The van der Waals surface area contributed by atoms with E-state index >= 15 is 0 Å². The molecule has 0 fully saturated rings. The Hall–Kier alpha value is -4.41. The number of ether oxygens (including phenoxy) is 1. The lowest BCUT2D eigenvalue weighted by molar-refractivity contribution is 0.0971. The Morgan fingerprint density at radius 3 is 2.42 bits per heavy atom. The second-order valence-corrected chi connectivity index (χ2v) is 10.8. The van der Waals surface area contributed by atoms with Crippen LogP contribution in [0.4, 0.5) is 11.6 Å². The molecule has 0 spiro atoms. The van der Waals surface area contributed by atoms with Gasteiger partial charge in [0.15, 0.2) is 28.4 Å². The largest absolute Gasteiger partial charge is 0.492 e. The lowest BCUT2D eigenvalue weighted by Gasteiger charge is -2.17. The molecular weight excluding hydrogens is 564 g/mol. The molecule has 226 valence electrons. The highest BCUT2D eigenvalue weighted by atomic mass is 35.5. The number of unbranched alkanes of at least 4 members (excludes halogenated alkanes) is 1. The number of nitrogen functional groups attached to an aromatic ring is 2. The maximum atomic E-state index is 12.3. The molecule has 7 N–H and O–H groups in total. The van der Waals surface area contributed by atoms with Gasteiger partial charge >= 0.3 is 0 Å². The van der Waals surface area contributed by atoms with Gasteiger partial charge in [0.25, 0.3) is 5.91 Å². The number of carbonyl (C=O) groups is 1. The molecule has 0 atom stereocenters. The van der Waals surface area contributed by atoms with E-state index < -0.39 is 5.91 Å². The maximum absolute atomic E-state index is 12.3. The molecule has 0 aliphatic rings. The van der Waals surface area contributed by atoms with Crippen molar-refractivity contribution in [3.63, 3.8) is 0 Å². The van der Waals surface area contributed by atoms with Crippen molar-refractivity contribution in [3.8, 4) is 5.75 Å². The van der Waals surface area contributed by atoms with E-state index in [1.54, 1.807) is 0 Å². The van der Waals surface area contributed by atoms with Gasteiger partial charge in [-0.1, -0.05) is 66.2 Å². The minimum absolute atomic E-state index is 0.0613. The van der Waals surface area contributed by atoms with E-state index in [9.17, 15) is 4.79 Å². The zero-order valence-electron chi connectivity index (χ0n) is 24.4. The van der Waals surface area contributed by atoms with Crippen molar-refractivity contribution < 1.29 is 9.53 Å². The summed E-state index contributed by atoms with van der Waals surface area (Å²) in [6.07, 6.45) is 4.82. The number of anilines is 2. The molecule has 11 heteroatoms. The van der Waals surface area contributed by atoms with Crippen LogP contribution in [-0.2, 0) is 12.8 Å². The fourth-order valence-electron chi connectivity index (χ4n) is 4.62. The van der Waals surface area contributed by atoms with E-state index in [0.29, 0.717) is 13.2 Å². The van der Waals surface area contributed by atoms with E-state index in [1.165, 1.54) is 21.9 Å². The molecule has 0 aliphatic heterocycles. The molecule has 0 unspecified atom stereocenters. The summed E-state index contributed by atoms with van der Waals surface area (Å²) < 4.78 is 5.96. The van der Waals surface area contributed by atoms with Gasteiger partial charge in [-0.25, -0.2) is 9.97 Å². The number of guanidine groups is 1. The normalized spacial score (nSPS) is 11.0. The summed E-state index contributed by atoms with van der Waals surface area (Å²) in [5.41, 5.74) is 13.6. The van der Waals surface area contributed by atoms with Crippen LogP contribution < -0.4 is 26.8 Å². The third-order valence-corrected chi connectivity index (χ3v) is 7.31. The van der Waals surface area contributed by atoms with E-state index in [0.717, 1.165) is 50.9 Å². The molecule has 1 aromatic heterocycles. The van der Waals surface area contributed by atoms with Crippen LogP contribution in [0.3, 0.4) is 0 Å². The summed E-state index contributed by atoms with van der Waals surface area (Å²) in [6.45, 7) is 3.07. The highest BCUT2D eigenvalue weighted by Crippen LogP contribution is 2.18. The summed E-state index contributed by atoms with van der Waals surface area (Å²) in [5, 5.41) is 15.6. The zero-order valence-corrected chi connectivity index (χ0v) is 25.2. The van der Waals surface area contributed by atoms with E-state index in [2.05, 4.69) is 87.1 Å². The van der Waals surface area contributed by atoms with Gasteiger partial charge < -0.3 is 26.4 Å². The van der Waals surface area contributed by atoms with Crippen LogP contribution in [0.15, 0.2) is 66.7 Å². The van der Waals surface area contributed by atoms with Crippen molar-refractivity contribution >= 4 is 45.9 Å². The van der Waals surface area contributed by atoms with E-state index in [1.807, 2.05) is 12.1 Å². The van der Waals surface area contributed by atoms with Gasteiger partial charge in [-0.05, 0) is 79.7 Å². The van der Waals surface area contributed by atoms with Crippen molar-refractivity contribution in [1.29, 1.82) is 5.41 Å². The number of likely N-dealkylation sites (N-methyl/N-ethyl adjacent to an activating group) is 1. The SMILES string of the molecule is CN(CCCc1ccc2ccccc2c1)CCOc1ccc(CCCCNC(=N)NC(=O)c2nc(Cl)c(N)nc2N)cc1. The van der Waals surface area contributed by atoms with Gasteiger partial charge in [0.2, 0.25) is 0 Å². The topological polar surface area (TPSA) is 155 Å². The third-order valence-electron chi connectivity index (χ3n) is 7.04. The van der Waals surface area contributed by atoms with Gasteiger partial charge in [0.05, 0.1) is 0 Å². The Kier molecular flexibility index (Phi) is 11.5. The number of nitrogens with two attached hydrogens (primary N) is 2. The van der Waals surface area contributed by atoms with Crippen LogP contribution >= 0.6 is 11.6 Å². The summed E-state index contributed by atoms with van der Waals surface area (Å²) in [5.74, 6) is -0.188. The molecule has 0 aliphatic carbocycles. The van der Waals surface area contributed by atoms with Gasteiger partial charge in [-0.15, -0.1) is 0 Å². The first-order valence-corrected chi connectivity index (χ1v) is 14.8. The predicted octanol–water partition coefficient (Wildman–Crippen LogP) is 4.67. The lowest BCUT2D eigenvalue weighted by Crippen LogP contribution is -2.41. The first kappa shape index (κ1) is 31.5. The van der Waals surface area contributed by atoms with Crippen LogP contribution in [-0.4, -0.2) is 60.0 Å². The number of hydrogen-bond donors (Lipinski definition) is 5. The second-order valence-electron chi connectivity index (χ2n) is 10.4. The zero-order chi connectivity index (χ0) is 30.6. The number of rotatable bonds is 14. The van der Waals surface area contributed by atoms with Crippen LogP contribution in [0.25, 0.3) is 10.8 Å². The average Bonchev–Trinajstić information content (AvgIpc) is 2.99. The second kappa shape index (κ2) is 15.7. The monoisotopic (exact) mass is 602 g/mol. The molecule has 0 radical (unpaired) electrons. The fraction of sp³-hybridized carbons (Fsp3) is 0.312. The molecule has 10 nitrogen and oxygen atoms in total. The highest BCUT2D eigenvalue weighted by molar-refractivity contribution is 6.31. The lowest BCUT2D eigenvalue weighted by atomic mass is 10.0. The number of amides is 1. The highest BCUT2D eigenvalue weighted by Gasteiger charge is 2.17. The molecule has 43 heavy (non-hydrogen) atoms. The number of benzene rings is 3. The Bertz CT molecular complexity index is 1530. The summed E-state index contributed by atoms with van der Waals surface area (Å²) in [7, 11) is 2.14.